The number of aliphatic carboxylic acids is 1. The van der Waals surface area contributed by atoms with Gasteiger partial charge in [-0.3, -0.25) is 4.79 Å². The third-order valence-corrected chi connectivity index (χ3v) is 4.58. The molecule has 0 spiro atoms. The van der Waals surface area contributed by atoms with Crippen molar-refractivity contribution < 1.29 is 23.8 Å². The summed E-state index contributed by atoms with van der Waals surface area (Å²) in [7, 11) is 0. The number of rotatable bonds is 4. The molecule has 2 unspecified atom stereocenters. The predicted molar refractivity (Wildman–Crippen MR) is 88.1 cm³/mol. The number of fused-ring (bicyclic) bond motifs is 1. The highest BCUT2D eigenvalue weighted by atomic mass is 16.5. The largest absolute Gasteiger partial charge is 0.480 e. The van der Waals surface area contributed by atoms with E-state index >= 15 is 0 Å². The van der Waals surface area contributed by atoms with Crippen LogP contribution in [0, 0.1) is 19.8 Å². The van der Waals surface area contributed by atoms with E-state index in [1.807, 2.05) is 26.0 Å². The molecule has 0 radical (unpaired) electrons. The summed E-state index contributed by atoms with van der Waals surface area (Å²) >= 11 is 0. The van der Waals surface area contributed by atoms with Crippen LogP contribution in [-0.4, -0.2) is 36.2 Å². The average Bonchev–Trinajstić information content (AvgIpc) is 2.96. The molecule has 3 rings (SSSR count). The topological polar surface area (TPSA) is 88.8 Å². The first-order chi connectivity index (χ1) is 11.5. The van der Waals surface area contributed by atoms with E-state index < -0.39 is 17.9 Å². The summed E-state index contributed by atoms with van der Waals surface area (Å²) in [6.45, 7) is 4.94. The van der Waals surface area contributed by atoms with Gasteiger partial charge in [-0.25, -0.2) is 4.79 Å². The first-order valence-electron chi connectivity index (χ1n) is 8.08. The van der Waals surface area contributed by atoms with E-state index in [1.54, 1.807) is 6.07 Å². The SMILES string of the molecule is Cc1cc2cc(C(=O)NC(C(=O)O)C3CCCOC3)oc2cc1C. The summed E-state index contributed by atoms with van der Waals surface area (Å²) < 4.78 is 10.9. The summed E-state index contributed by atoms with van der Waals surface area (Å²) in [5.74, 6) is -1.67. The van der Waals surface area contributed by atoms with E-state index in [0.29, 0.717) is 18.8 Å². The number of carbonyl (C=O) groups is 2. The Bertz CT molecular complexity index is 734. The molecule has 1 amide bonds. The van der Waals surface area contributed by atoms with Crippen molar-refractivity contribution in [2.24, 2.45) is 5.92 Å². The van der Waals surface area contributed by atoms with E-state index in [4.69, 9.17) is 9.15 Å². The lowest BCUT2D eigenvalue weighted by molar-refractivity contribution is -0.142. The van der Waals surface area contributed by atoms with Crippen LogP contribution in [0.4, 0.5) is 0 Å². The predicted octanol–water partition coefficient (Wildman–Crippen LogP) is 2.66. The minimum atomic E-state index is -1.05. The summed E-state index contributed by atoms with van der Waals surface area (Å²) in [4.78, 5) is 24.0. The number of carbonyl (C=O) groups excluding carboxylic acids is 1. The molecule has 1 aromatic carbocycles. The van der Waals surface area contributed by atoms with Crippen LogP contribution >= 0.6 is 0 Å². The maximum atomic E-state index is 12.4. The van der Waals surface area contributed by atoms with E-state index in [1.165, 1.54) is 0 Å². The summed E-state index contributed by atoms with van der Waals surface area (Å²) in [6.07, 6.45) is 1.52. The number of benzene rings is 1. The number of ether oxygens (including phenoxy) is 1. The van der Waals surface area contributed by atoms with Crippen LogP contribution in [-0.2, 0) is 9.53 Å². The Balaban J connectivity index is 1.80. The third-order valence-electron chi connectivity index (χ3n) is 4.58. The van der Waals surface area contributed by atoms with E-state index in [9.17, 15) is 14.7 Å². The average molecular weight is 331 g/mol. The van der Waals surface area contributed by atoms with E-state index in [0.717, 1.165) is 29.4 Å². The molecule has 0 bridgehead atoms. The lowest BCUT2D eigenvalue weighted by atomic mass is 9.93. The van der Waals surface area contributed by atoms with Gasteiger partial charge in [0.05, 0.1) is 6.61 Å². The van der Waals surface area contributed by atoms with Gasteiger partial charge in [0, 0.05) is 17.9 Å². The van der Waals surface area contributed by atoms with Crippen LogP contribution in [0.15, 0.2) is 22.6 Å². The smallest absolute Gasteiger partial charge is 0.326 e. The maximum Gasteiger partial charge on any atom is 0.326 e. The van der Waals surface area contributed by atoms with Crippen molar-refractivity contribution in [2.75, 3.05) is 13.2 Å². The normalized spacial score (nSPS) is 19.2. The van der Waals surface area contributed by atoms with Crippen LogP contribution in [0.3, 0.4) is 0 Å². The molecule has 2 atom stereocenters. The van der Waals surface area contributed by atoms with Crippen molar-refractivity contribution in [3.8, 4) is 0 Å². The van der Waals surface area contributed by atoms with Crippen molar-refractivity contribution >= 4 is 22.8 Å². The number of aryl methyl sites for hydroxylation is 2. The molecule has 128 valence electrons. The van der Waals surface area contributed by atoms with Gasteiger partial charge in [0.15, 0.2) is 5.76 Å². The molecule has 6 heteroatoms. The molecule has 0 aliphatic carbocycles. The Labute approximate surface area is 139 Å². The molecule has 1 fully saturated rings. The molecule has 1 aliphatic rings. The van der Waals surface area contributed by atoms with Crippen LogP contribution in [0.25, 0.3) is 11.0 Å². The Hall–Kier alpha value is -2.34. The zero-order valence-corrected chi connectivity index (χ0v) is 13.8. The first kappa shape index (κ1) is 16.5. The lowest BCUT2D eigenvalue weighted by Crippen LogP contribution is -2.48. The Morgan fingerprint density at radius 2 is 2.00 bits per heavy atom. The van der Waals surface area contributed by atoms with Gasteiger partial charge in [0.25, 0.3) is 5.91 Å². The van der Waals surface area contributed by atoms with Gasteiger partial charge in [0.1, 0.15) is 11.6 Å². The Morgan fingerprint density at radius 3 is 2.67 bits per heavy atom. The Kier molecular flexibility index (Phi) is 4.57. The van der Waals surface area contributed by atoms with Gasteiger partial charge in [-0.1, -0.05) is 0 Å². The highest BCUT2D eigenvalue weighted by Gasteiger charge is 2.32. The van der Waals surface area contributed by atoms with Crippen LogP contribution in [0.5, 0.6) is 0 Å². The number of hydrogen-bond acceptors (Lipinski definition) is 4. The second kappa shape index (κ2) is 6.65. The molecule has 1 saturated heterocycles. The van der Waals surface area contributed by atoms with Crippen LogP contribution < -0.4 is 5.32 Å². The number of nitrogens with one attached hydrogen (secondary N) is 1. The van der Waals surface area contributed by atoms with Gasteiger partial charge in [-0.2, -0.15) is 0 Å². The first-order valence-corrected chi connectivity index (χ1v) is 8.08. The van der Waals surface area contributed by atoms with Gasteiger partial charge in [-0.15, -0.1) is 0 Å². The van der Waals surface area contributed by atoms with Crippen molar-refractivity contribution in [3.05, 3.63) is 35.1 Å². The fourth-order valence-corrected chi connectivity index (χ4v) is 3.04. The molecule has 2 N–H and O–H groups in total. The molecular formula is C18H21NO5. The summed E-state index contributed by atoms with van der Waals surface area (Å²) in [6, 6.07) is 4.50. The zero-order valence-electron chi connectivity index (χ0n) is 13.8. The highest BCUT2D eigenvalue weighted by molar-refractivity contribution is 5.98. The zero-order chi connectivity index (χ0) is 17.3. The third kappa shape index (κ3) is 3.28. The number of furan rings is 1. The lowest BCUT2D eigenvalue weighted by Gasteiger charge is -2.27. The van der Waals surface area contributed by atoms with Crippen LogP contribution in [0.2, 0.25) is 0 Å². The number of hydrogen-bond donors (Lipinski definition) is 2. The van der Waals surface area contributed by atoms with Gasteiger partial charge in [0.2, 0.25) is 0 Å². The minimum absolute atomic E-state index is 0.123. The fraction of sp³-hybridized carbons (Fsp3) is 0.444. The van der Waals surface area contributed by atoms with E-state index in [2.05, 4.69) is 5.32 Å². The molecule has 24 heavy (non-hydrogen) atoms. The molecule has 6 nitrogen and oxygen atoms in total. The van der Waals surface area contributed by atoms with Gasteiger partial charge < -0.3 is 19.6 Å². The van der Waals surface area contributed by atoms with Crippen molar-refractivity contribution in [2.45, 2.75) is 32.7 Å². The molecule has 0 saturated carbocycles. The van der Waals surface area contributed by atoms with Crippen molar-refractivity contribution in [1.82, 2.24) is 5.32 Å². The number of carboxylic acids is 1. The standard InChI is InChI=1S/C18H21NO5/c1-10-6-13-8-15(24-14(13)7-11(10)2)17(20)19-16(18(21)22)12-4-3-5-23-9-12/h6-8,12,16H,3-5,9H2,1-2H3,(H,19,20)(H,21,22). The quantitative estimate of drug-likeness (QED) is 0.899. The monoisotopic (exact) mass is 331 g/mol. The van der Waals surface area contributed by atoms with Crippen LogP contribution in [0.1, 0.15) is 34.5 Å². The minimum Gasteiger partial charge on any atom is -0.480 e. The van der Waals surface area contributed by atoms with Crippen molar-refractivity contribution in [1.29, 1.82) is 0 Å². The fourth-order valence-electron chi connectivity index (χ4n) is 3.04. The van der Waals surface area contributed by atoms with Gasteiger partial charge in [-0.05, 0) is 56.0 Å². The molecular weight excluding hydrogens is 310 g/mol. The van der Waals surface area contributed by atoms with Gasteiger partial charge >= 0.3 is 5.97 Å². The number of carboxylic acid groups (broad SMARTS) is 1. The molecule has 1 aromatic heterocycles. The second-order valence-corrected chi connectivity index (χ2v) is 6.35. The summed E-state index contributed by atoms with van der Waals surface area (Å²) in [5, 5.41) is 12.8. The van der Waals surface area contributed by atoms with E-state index in [-0.39, 0.29) is 11.7 Å². The summed E-state index contributed by atoms with van der Waals surface area (Å²) in [5.41, 5.74) is 2.81. The number of amides is 1. The second-order valence-electron chi connectivity index (χ2n) is 6.35. The Morgan fingerprint density at radius 1 is 1.25 bits per heavy atom. The maximum absolute atomic E-state index is 12.4. The molecule has 1 aliphatic heterocycles. The van der Waals surface area contributed by atoms with Crippen molar-refractivity contribution in [3.63, 3.8) is 0 Å². The molecule has 2 heterocycles. The highest BCUT2D eigenvalue weighted by Crippen LogP contribution is 2.24. The molecule has 2 aromatic rings.